The quantitative estimate of drug-likeness (QED) is 0.836. The van der Waals surface area contributed by atoms with Crippen LogP contribution >= 0.6 is 0 Å². The zero-order valence-electron chi connectivity index (χ0n) is 13.6. The molecule has 0 unspecified atom stereocenters. The van der Waals surface area contributed by atoms with Crippen LogP contribution < -0.4 is 9.47 Å². The van der Waals surface area contributed by atoms with Crippen molar-refractivity contribution >= 4 is 0 Å². The molecule has 0 saturated heterocycles. The molecule has 0 saturated carbocycles. The molecule has 2 aromatic rings. The summed E-state index contributed by atoms with van der Waals surface area (Å²) < 4.78 is 21.5. The largest absolute Gasteiger partial charge is 0.497 e. The van der Waals surface area contributed by atoms with Crippen LogP contribution in [0.3, 0.4) is 0 Å². The van der Waals surface area contributed by atoms with E-state index in [1.54, 1.807) is 14.2 Å². The summed E-state index contributed by atoms with van der Waals surface area (Å²) in [6.45, 7) is 4.53. The van der Waals surface area contributed by atoms with Crippen molar-refractivity contribution in [1.82, 2.24) is 15.0 Å². The summed E-state index contributed by atoms with van der Waals surface area (Å²) >= 11 is 0. The Morgan fingerprint density at radius 3 is 3.00 bits per heavy atom. The second-order valence-corrected chi connectivity index (χ2v) is 5.45. The van der Waals surface area contributed by atoms with Crippen molar-refractivity contribution in [3.8, 4) is 11.5 Å². The van der Waals surface area contributed by atoms with E-state index < -0.39 is 0 Å². The lowest BCUT2D eigenvalue weighted by Gasteiger charge is -2.24. The van der Waals surface area contributed by atoms with Gasteiger partial charge < -0.3 is 18.7 Å². The first-order valence-electron chi connectivity index (χ1n) is 7.56. The van der Waals surface area contributed by atoms with Gasteiger partial charge in [0.2, 0.25) is 5.89 Å². The molecule has 124 valence electrons. The number of rotatable bonds is 5. The lowest BCUT2D eigenvalue weighted by molar-refractivity contribution is 0.151. The molecular weight excluding hydrogens is 298 g/mol. The van der Waals surface area contributed by atoms with Crippen molar-refractivity contribution in [3.63, 3.8) is 0 Å². The molecule has 1 atom stereocenters. The maximum atomic E-state index is 5.84. The first-order valence-corrected chi connectivity index (χ1v) is 7.56. The number of hydrogen-bond donors (Lipinski definition) is 0. The maximum absolute atomic E-state index is 5.84. The van der Waals surface area contributed by atoms with Crippen LogP contribution in [0, 0.1) is 0 Å². The Bertz CT molecular complexity index is 659. The topological polar surface area (TPSA) is 69.9 Å². The highest BCUT2D eigenvalue weighted by atomic mass is 16.5. The third kappa shape index (κ3) is 3.46. The summed E-state index contributed by atoms with van der Waals surface area (Å²) in [6, 6.07) is 5.90. The fraction of sp³-hybridized carbons (Fsp3) is 0.500. The van der Waals surface area contributed by atoms with Gasteiger partial charge in [0, 0.05) is 31.8 Å². The molecule has 3 rings (SSSR count). The Labute approximate surface area is 135 Å². The molecule has 0 amide bonds. The third-order valence-electron chi connectivity index (χ3n) is 3.95. The Balaban J connectivity index is 1.76. The van der Waals surface area contributed by atoms with Gasteiger partial charge in [-0.25, -0.2) is 0 Å². The van der Waals surface area contributed by atoms with E-state index >= 15 is 0 Å². The van der Waals surface area contributed by atoms with Crippen molar-refractivity contribution in [2.24, 2.45) is 0 Å². The molecule has 1 aliphatic heterocycles. The summed E-state index contributed by atoms with van der Waals surface area (Å²) in [5, 5.41) is 3.93. The minimum Gasteiger partial charge on any atom is -0.497 e. The van der Waals surface area contributed by atoms with Crippen LogP contribution in [0.2, 0.25) is 0 Å². The lowest BCUT2D eigenvalue weighted by atomic mass is 10.1. The molecule has 7 nitrogen and oxygen atoms in total. The first-order chi connectivity index (χ1) is 11.2. The highest BCUT2D eigenvalue weighted by Crippen LogP contribution is 2.30. The summed E-state index contributed by atoms with van der Waals surface area (Å²) in [6.07, 6.45) is 0. The van der Waals surface area contributed by atoms with Crippen LogP contribution in [0.25, 0.3) is 0 Å². The van der Waals surface area contributed by atoms with Crippen LogP contribution in [0.15, 0.2) is 22.7 Å². The van der Waals surface area contributed by atoms with Gasteiger partial charge >= 0.3 is 0 Å². The molecule has 1 aromatic heterocycles. The van der Waals surface area contributed by atoms with Gasteiger partial charge in [0.25, 0.3) is 0 Å². The van der Waals surface area contributed by atoms with Crippen molar-refractivity contribution in [1.29, 1.82) is 0 Å². The first kappa shape index (κ1) is 15.8. The summed E-state index contributed by atoms with van der Waals surface area (Å²) in [5.41, 5.74) is 1.12. The molecule has 7 heteroatoms. The Morgan fingerprint density at radius 2 is 2.22 bits per heavy atom. The number of hydrogen-bond acceptors (Lipinski definition) is 7. The van der Waals surface area contributed by atoms with E-state index in [1.165, 1.54) is 0 Å². The minimum atomic E-state index is 0.00441. The number of fused-ring (bicyclic) bond motifs is 1. The smallest absolute Gasteiger partial charge is 0.243 e. The number of methoxy groups -OCH3 is 2. The van der Waals surface area contributed by atoms with Crippen LogP contribution in [0.4, 0.5) is 0 Å². The van der Waals surface area contributed by atoms with Gasteiger partial charge in [-0.05, 0) is 13.0 Å². The van der Waals surface area contributed by atoms with E-state index in [0.29, 0.717) is 24.9 Å². The van der Waals surface area contributed by atoms with Gasteiger partial charge in [-0.15, -0.1) is 0 Å². The van der Waals surface area contributed by atoms with Crippen LogP contribution in [0.1, 0.15) is 30.2 Å². The van der Waals surface area contributed by atoms with E-state index in [2.05, 4.69) is 22.0 Å². The summed E-state index contributed by atoms with van der Waals surface area (Å²) in [5.74, 6) is 2.82. The highest BCUT2D eigenvalue weighted by Gasteiger charge is 2.25. The van der Waals surface area contributed by atoms with Gasteiger partial charge in [-0.2, -0.15) is 4.98 Å². The van der Waals surface area contributed by atoms with Crippen LogP contribution in [-0.2, 0) is 17.9 Å². The molecular formula is C16H21N3O4. The maximum Gasteiger partial charge on any atom is 0.243 e. The number of ether oxygens (including phenoxy) is 3. The summed E-state index contributed by atoms with van der Waals surface area (Å²) in [7, 11) is 3.26. The highest BCUT2D eigenvalue weighted by molar-refractivity contribution is 5.41. The van der Waals surface area contributed by atoms with Crippen LogP contribution in [-0.4, -0.2) is 42.4 Å². The predicted molar refractivity (Wildman–Crippen MR) is 82.3 cm³/mol. The van der Waals surface area contributed by atoms with Gasteiger partial charge in [0.05, 0.1) is 13.2 Å². The zero-order valence-corrected chi connectivity index (χ0v) is 13.6. The number of nitrogens with zero attached hydrogens (tertiary/aromatic N) is 3. The van der Waals surface area contributed by atoms with E-state index in [1.807, 2.05) is 18.2 Å². The van der Waals surface area contributed by atoms with Gasteiger partial charge in [-0.1, -0.05) is 11.2 Å². The molecule has 0 N–H and O–H groups in total. The van der Waals surface area contributed by atoms with E-state index in [4.69, 9.17) is 18.7 Å². The Kier molecular flexibility index (Phi) is 4.78. The second-order valence-electron chi connectivity index (χ2n) is 5.45. The Hall–Kier alpha value is -2.12. The van der Waals surface area contributed by atoms with Gasteiger partial charge in [0.15, 0.2) is 5.82 Å². The van der Waals surface area contributed by atoms with Crippen molar-refractivity contribution < 1.29 is 18.7 Å². The number of aromatic nitrogens is 2. The van der Waals surface area contributed by atoms with E-state index in [0.717, 1.165) is 30.2 Å². The van der Waals surface area contributed by atoms with E-state index in [-0.39, 0.29) is 6.04 Å². The second kappa shape index (κ2) is 6.97. The minimum absolute atomic E-state index is 0.00441. The predicted octanol–water partition coefficient (Wildman–Crippen LogP) is 2.18. The average Bonchev–Trinajstić information content (AvgIpc) is 2.92. The van der Waals surface area contributed by atoms with Gasteiger partial charge in [-0.3, -0.25) is 4.90 Å². The summed E-state index contributed by atoms with van der Waals surface area (Å²) in [4.78, 5) is 6.64. The van der Waals surface area contributed by atoms with Crippen molar-refractivity contribution in [2.45, 2.75) is 26.1 Å². The fourth-order valence-electron chi connectivity index (χ4n) is 2.61. The zero-order chi connectivity index (χ0) is 16.2. The lowest BCUT2D eigenvalue weighted by Crippen LogP contribution is -2.29. The molecule has 0 spiro atoms. The van der Waals surface area contributed by atoms with Crippen LogP contribution in [0.5, 0.6) is 11.5 Å². The molecule has 1 aliphatic rings. The third-order valence-corrected chi connectivity index (χ3v) is 3.95. The standard InChI is InChI=1S/C16H21N3O4/c1-11(16-17-15(10-20-2)18-23-16)19-6-7-22-14-8-13(21-3)5-4-12(14)9-19/h4-5,8,11H,6-7,9-10H2,1-3H3/t11-/m0/s1. The monoisotopic (exact) mass is 319 g/mol. The SMILES string of the molecule is COCc1noc([C@H](C)N2CCOc3cc(OC)ccc3C2)n1. The molecule has 0 aliphatic carbocycles. The van der Waals surface area contributed by atoms with Gasteiger partial charge in [0.1, 0.15) is 24.7 Å². The molecule has 0 bridgehead atoms. The average molecular weight is 319 g/mol. The number of benzene rings is 1. The molecule has 0 fully saturated rings. The normalized spacial score (nSPS) is 16.3. The van der Waals surface area contributed by atoms with Crippen molar-refractivity contribution in [2.75, 3.05) is 27.4 Å². The molecule has 23 heavy (non-hydrogen) atoms. The fourth-order valence-corrected chi connectivity index (χ4v) is 2.61. The molecule has 0 radical (unpaired) electrons. The Morgan fingerprint density at radius 1 is 1.35 bits per heavy atom. The molecule has 1 aromatic carbocycles. The molecule has 2 heterocycles. The van der Waals surface area contributed by atoms with Crippen molar-refractivity contribution in [3.05, 3.63) is 35.5 Å². The van der Waals surface area contributed by atoms with E-state index in [9.17, 15) is 0 Å².